The fourth-order valence-electron chi connectivity index (χ4n) is 8.48. The van der Waals surface area contributed by atoms with Crippen molar-refractivity contribution < 1.29 is 19.1 Å². The van der Waals surface area contributed by atoms with E-state index in [0.29, 0.717) is 29.5 Å². The zero-order valence-electron chi connectivity index (χ0n) is 19.6. The van der Waals surface area contributed by atoms with Crippen LogP contribution in [0, 0.1) is 34.5 Å². The van der Waals surface area contributed by atoms with Gasteiger partial charge in [-0.25, -0.2) is 0 Å². The van der Waals surface area contributed by atoms with E-state index in [1.807, 2.05) is 0 Å². The highest BCUT2D eigenvalue weighted by atomic mass is 16.5. The zero-order valence-corrected chi connectivity index (χ0v) is 19.6. The normalized spacial score (nSPS) is 45.5. The minimum absolute atomic E-state index is 0.0121. The third-order valence-electron chi connectivity index (χ3n) is 10.4. The van der Waals surface area contributed by atoms with E-state index in [1.165, 1.54) is 32.1 Å². The summed E-state index contributed by atoms with van der Waals surface area (Å²) in [4.78, 5) is 27.1. The summed E-state index contributed by atoms with van der Waals surface area (Å²) in [5.74, 6) is 3.28. The number of Topliss-reactive ketones (excluding diaryl/α,β-unsaturated/α-hetero) is 1. The van der Waals surface area contributed by atoms with Crippen LogP contribution in [0.15, 0.2) is 0 Å². The molecule has 0 bridgehead atoms. The summed E-state index contributed by atoms with van der Waals surface area (Å²) in [6.07, 6.45) is 10.5. The highest BCUT2D eigenvalue weighted by molar-refractivity contribution is 5.79. The molecule has 0 aromatic rings. The number of nitrogens with zero attached hydrogens (tertiary/aromatic N) is 1. The summed E-state index contributed by atoms with van der Waals surface area (Å²) >= 11 is 0. The largest absolute Gasteiger partial charge is 0.462 e. The minimum Gasteiger partial charge on any atom is -0.462 e. The van der Waals surface area contributed by atoms with E-state index < -0.39 is 0 Å². The Labute approximate surface area is 187 Å². The SMILES string of the molecule is CC12CCC(=O)CC1CCC1C2CCC2(C)C(OC(=O)CCN3CCOCC3)CCC12. The molecule has 0 aromatic carbocycles. The smallest absolute Gasteiger partial charge is 0.307 e. The molecular weight excluding hydrogens is 390 g/mol. The van der Waals surface area contributed by atoms with Crippen LogP contribution < -0.4 is 0 Å². The van der Waals surface area contributed by atoms with Crippen LogP contribution in [0.4, 0.5) is 0 Å². The van der Waals surface area contributed by atoms with Gasteiger partial charge in [0.05, 0.1) is 19.6 Å². The van der Waals surface area contributed by atoms with Gasteiger partial charge in [-0.1, -0.05) is 13.8 Å². The fraction of sp³-hybridized carbons (Fsp3) is 0.923. The van der Waals surface area contributed by atoms with E-state index in [4.69, 9.17) is 9.47 Å². The van der Waals surface area contributed by atoms with Gasteiger partial charge in [-0.3, -0.25) is 14.5 Å². The second-order valence-corrected chi connectivity index (χ2v) is 11.7. The molecule has 1 heterocycles. The van der Waals surface area contributed by atoms with Crippen LogP contribution in [-0.2, 0) is 19.1 Å². The topological polar surface area (TPSA) is 55.8 Å². The zero-order chi connectivity index (χ0) is 21.6. The molecule has 5 nitrogen and oxygen atoms in total. The van der Waals surface area contributed by atoms with Gasteiger partial charge in [0.25, 0.3) is 0 Å². The lowest BCUT2D eigenvalue weighted by molar-refractivity contribution is -0.164. The van der Waals surface area contributed by atoms with E-state index in [2.05, 4.69) is 18.7 Å². The van der Waals surface area contributed by atoms with Crippen molar-refractivity contribution >= 4 is 11.8 Å². The summed E-state index contributed by atoms with van der Waals surface area (Å²) in [6.45, 7) is 9.09. The minimum atomic E-state index is -0.0121. The van der Waals surface area contributed by atoms with Gasteiger partial charge >= 0.3 is 5.97 Å². The number of hydrogen-bond acceptors (Lipinski definition) is 5. The first-order valence-electron chi connectivity index (χ1n) is 12.9. The van der Waals surface area contributed by atoms with Crippen molar-refractivity contribution in [3.05, 3.63) is 0 Å². The summed E-state index contributed by atoms with van der Waals surface area (Å²) in [5.41, 5.74) is 0.495. The Morgan fingerprint density at radius 2 is 1.81 bits per heavy atom. The van der Waals surface area contributed by atoms with E-state index in [9.17, 15) is 9.59 Å². The monoisotopic (exact) mass is 431 g/mol. The van der Waals surface area contributed by atoms with Gasteiger partial charge in [-0.05, 0) is 74.0 Å². The number of ketones is 1. The Kier molecular flexibility index (Phi) is 5.96. The Bertz CT molecular complexity index is 704. The maximum Gasteiger partial charge on any atom is 0.307 e. The average Bonchev–Trinajstić information content (AvgIpc) is 3.10. The molecular formula is C26H41NO4. The molecule has 5 heteroatoms. The summed E-state index contributed by atoms with van der Waals surface area (Å²) < 4.78 is 11.6. The molecule has 5 aliphatic rings. The van der Waals surface area contributed by atoms with Gasteiger partial charge < -0.3 is 9.47 Å². The molecule has 0 radical (unpaired) electrons. The van der Waals surface area contributed by atoms with E-state index in [0.717, 1.165) is 70.4 Å². The lowest BCUT2D eigenvalue weighted by atomic mass is 9.45. The van der Waals surface area contributed by atoms with Gasteiger partial charge in [0.1, 0.15) is 11.9 Å². The second-order valence-electron chi connectivity index (χ2n) is 11.7. The molecule has 0 amide bonds. The van der Waals surface area contributed by atoms with Gasteiger partial charge in [0.15, 0.2) is 0 Å². The van der Waals surface area contributed by atoms with Crippen molar-refractivity contribution in [2.24, 2.45) is 34.5 Å². The lowest BCUT2D eigenvalue weighted by Crippen LogP contribution is -2.54. The Morgan fingerprint density at radius 1 is 1.03 bits per heavy atom. The molecule has 4 aliphatic carbocycles. The van der Waals surface area contributed by atoms with Crippen molar-refractivity contribution in [1.82, 2.24) is 4.90 Å². The quantitative estimate of drug-likeness (QED) is 0.624. The number of morpholine rings is 1. The number of ether oxygens (including phenoxy) is 2. The van der Waals surface area contributed by atoms with Crippen LogP contribution in [0.1, 0.15) is 78.1 Å². The van der Waals surface area contributed by atoms with Gasteiger partial charge in [0, 0.05) is 37.9 Å². The molecule has 5 fully saturated rings. The van der Waals surface area contributed by atoms with E-state index in [-0.39, 0.29) is 17.5 Å². The molecule has 4 saturated carbocycles. The van der Waals surface area contributed by atoms with Crippen LogP contribution in [0.3, 0.4) is 0 Å². The van der Waals surface area contributed by atoms with Crippen LogP contribution in [0.5, 0.6) is 0 Å². The molecule has 1 aliphatic heterocycles. The Hall–Kier alpha value is -0.940. The fourth-order valence-corrected chi connectivity index (χ4v) is 8.48. The third-order valence-corrected chi connectivity index (χ3v) is 10.4. The number of hydrogen-bond donors (Lipinski definition) is 0. The average molecular weight is 432 g/mol. The van der Waals surface area contributed by atoms with Gasteiger partial charge in [-0.2, -0.15) is 0 Å². The molecule has 7 atom stereocenters. The highest BCUT2D eigenvalue weighted by Crippen LogP contribution is 2.66. The number of fused-ring (bicyclic) bond motifs is 5. The number of carbonyl (C=O) groups is 2. The molecule has 1 saturated heterocycles. The van der Waals surface area contributed by atoms with Gasteiger partial charge in [0.2, 0.25) is 0 Å². The maximum absolute atomic E-state index is 12.7. The predicted molar refractivity (Wildman–Crippen MR) is 118 cm³/mol. The molecule has 5 rings (SSSR count). The number of rotatable bonds is 4. The van der Waals surface area contributed by atoms with Crippen LogP contribution in [0.25, 0.3) is 0 Å². The summed E-state index contributed by atoms with van der Waals surface area (Å²) in [5, 5.41) is 0. The molecule has 31 heavy (non-hydrogen) atoms. The highest BCUT2D eigenvalue weighted by Gasteiger charge is 2.61. The van der Waals surface area contributed by atoms with Crippen molar-refractivity contribution in [3.63, 3.8) is 0 Å². The number of esters is 1. The van der Waals surface area contributed by atoms with Crippen molar-refractivity contribution in [1.29, 1.82) is 0 Å². The molecule has 0 spiro atoms. The van der Waals surface area contributed by atoms with Crippen LogP contribution in [0.2, 0.25) is 0 Å². The summed E-state index contributed by atoms with van der Waals surface area (Å²) in [7, 11) is 0. The predicted octanol–water partition coefficient (Wildman–Crippen LogP) is 4.23. The van der Waals surface area contributed by atoms with Crippen molar-refractivity contribution in [3.8, 4) is 0 Å². The van der Waals surface area contributed by atoms with Crippen molar-refractivity contribution in [2.45, 2.75) is 84.2 Å². The van der Waals surface area contributed by atoms with Crippen molar-refractivity contribution in [2.75, 3.05) is 32.8 Å². The maximum atomic E-state index is 12.7. The molecule has 0 N–H and O–H groups in total. The Balaban J connectivity index is 1.22. The summed E-state index contributed by atoms with van der Waals surface area (Å²) in [6, 6.07) is 0. The van der Waals surface area contributed by atoms with Gasteiger partial charge in [-0.15, -0.1) is 0 Å². The third kappa shape index (κ3) is 3.88. The molecule has 0 aromatic heterocycles. The van der Waals surface area contributed by atoms with E-state index >= 15 is 0 Å². The standard InChI is InChI=1S/C26H41NO4/c1-25-10-7-19(28)17-18(25)3-4-20-21-5-6-23(26(21,2)11-8-22(20)25)31-24(29)9-12-27-13-15-30-16-14-27/h18,20-23H,3-17H2,1-2H3. The first-order chi connectivity index (χ1) is 14.9. The number of carbonyl (C=O) groups excluding carboxylic acids is 2. The first-order valence-corrected chi connectivity index (χ1v) is 12.9. The molecule has 174 valence electrons. The lowest BCUT2D eigenvalue weighted by Gasteiger charge is -2.60. The van der Waals surface area contributed by atoms with E-state index in [1.54, 1.807) is 0 Å². The first kappa shape index (κ1) is 21.9. The molecule has 7 unspecified atom stereocenters. The van der Waals surface area contributed by atoms with Crippen LogP contribution in [-0.4, -0.2) is 55.6 Å². The Morgan fingerprint density at radius 3 is 2.61 bits per heavy atom. The van der Waals surface area contributed by atoms with Crippen LogP contribution >= 0.6 is 0 Å². The second kappa shape index (κ2) is 8.44.